The first-order chi connectivity index (χ1) is 11.2. The van der Waals surface area contributed by atoms with Crippen LogP contribution in [-0.4, -0.2) is 32.2 Å². The van der Waals surface area contributed by atoms with Gasteiger partial charge in [0.15, 0.2) is 5.69 Å². The van der Waals surface area contributed by atoms with Crippen molar-refractivity contribution in [3.8, 4) is 0 Å². The highest BCUT2D eigenvalue weighted by atomic mass is 16.7. The molecule has 0 unspecified atom stereocenters. The van der Waals surface area contributed by atoms with Crippen LogP contribution in [0.2, 0.25) is 0 Å². The predicted octanol–water partition coefficient (Wildman–Crippen LogP) is 1.70. The van der Waals surface area contributed by atoms with Crippen LogP contribution in [0.3, 0.4) is 0 Å². The molecule has 4 rings (SSSR count). The van der Waals surface area contributed by atoms with Gasteiger partial charge in [0.2, 0.25) is 0 Å². The highest BCUT2D eigenvalue weighted by molar-refractivity contribution is 6.21. The highest BCUT2D eigenvalue weighted by Crippen LogP contribution is 2.23. The molecule has 23 heavy (non-hydrogen) atoms. The minimum absolute atomic E-state index is 0.122. The number of pyridine rings is 1. The molecule has 0 bridgehead atoms. The summed E-state index contributed by atoms with van der Waals surface area (Å²) in [6.45, 7) is 0. The molecule has 0 aliphatic carbocycles. The Bertz CT molecular complexity index is 941. The second-order valence-electron chi connectivity index (χ2n) is 4.90. The zero-order chi connectivity index (χ0) is 16.0. The number of nitrogens with zero attached hydrogens (tertiary/aromatic N) is 3. The maximum absolute atomic E-state index is 12.3. The van der Waals surface area contributed by atoms with Crippen LogP contribution in [0.1, 0.15) is 31.2 Å². The van der Waals surface area contributed by atoms with Gasteiger partial charge in [0, 0.05) is 6.20 Å². The third-order valence-electron chi connectivity index (χ3n) is 3.56. The molecule has 0 spiro atoms. The van der Waals surface area contributed by atoms with Crippen molar-refractivity contribution in [1.29, 1.82) is 0 Å². The summed E-state index contributed by atoms with van der Waals surface area (Å²) in [6, 6.07) is 11.5. The Balaban J connectivity index is 1.65. The third kappa shape index (κ3) is 1.90. The van der Waals surface area contributed by atoms with E-state index in [2.05, 4.69) is 4.98 Å². The van der Waals surface area contributed by atoms with E-state index in [4.69, 9.17) is 4.84 Å². The molecule has 3 heterocycles. The molecule has 2 aromatic heterocycles. The zero-order valence-electron chi connectivity index (χ0n) is 11.7. The van der Waals surface area contributed by atoms with Gasteiger partial charge < -0.3 is 4.84 Å². The Morgan fingerprint density at radius 2 is 1.61 bits per heavy atom. The maximum atomic E-state index is 12.3. The summed E-state index contributed by atoms with van der Waals surface area (Å²) in [5.41, 5.74) is 1.10. The summed E-state index contributed by atoms with van der Waals surface area (Å²) < 4.78 is 1.51. The fraction of sp³-hybridized carbons (Fsp3) is 0. The van der Waals surface area contributed by atoms with Crippen molar-refractivity contribution in [2.24, 2.45) is 0 Å². The largest absolute Gasteiger partial charge is 0.382 e. The van der Waals surface area contributed by atoms with Crippen LogP contribution in [0.25, 0.3) is 5.65 Å². The Labute approximate surface area is 129 Å². The van der Waals surface area contributed by atoms with Crippen molar-refractivity contribution in [2.75, 3.05) is 0 Å². The van der Waals surface area contributed by atoms with E-state index in [-0.39, 0.29) is 16.8 Å². The fourth-order valence-corrected chi connectivity index (χ4v) is 2.46. The van der Waals surface area contributed by atoms with Crippen LogP contribution < -0.4 is 0 Å². The highest BCUT2D eigenvalue weighted by Gasteiger charge is 2.39. The van der Waals surface area contributed by atoms with Gasteiger partial charge in [-0.25, -0.2) is 9.78 Å². The van der Waals surface area contributed by atoms with Crippen LogP contribution in [0.4, 0.5) is 0 Å². The lowest BCUT2D eigenvalue weighted by Gasteiger charge is -2.12. The first kappa shape index (κ1) is 13.2. The Morgan fingerprint density at radius 1 is 0.957 bits per heavy atom. The normalized spacial score (nSPS) is 13.5. The molecular weight excluding hydrogens is 298 g/mol. The molecule has 0 saturated carbocycles. The molecule has 0 atom stereocenters. The van der Waals surface area contributed by atoms with E-state index in [9.17, 15) is 14.4 Å². The minimum atomic E-state index is -0.835. The van der Waals surface area contributed by atoms with Gasteiger partial charge in [0.05, 0.1) is 17.3 Å². The molecule has 7 nitrogen and oxygen atoms in total. The van der Waals surface area contributed by atoms with Crippen LogP contribution >= 0.6 is 0 Å². The summed E-state index contributed by atoms with van der Waals surface area (Å²) >= 11 is 0. The molecule has 0 fully saturated rings. The van der Waals surface area contributed by atoms with E-state index in [1.54, 1.807) is 36.5 Å². The zero-order valence-corrected chi connectivity index (χ0v) is 11.7. The summed E-state index contributed by atoms with van der Waals surface area (Å²) in [7, 11) is 0. The maximum Gasteiger partial charge on any atom is 0.382 e. The van der Waals surface area contributed by atoms with Gasteiger partial charge >= 0.3 is 5.97 Å². The number of amides is 2. The van der Waals surface area contributed by atoms with Gasteiger partial charge in [-0.05, 0) is 24.3 Å². The lowest BCUT2D eigenvalue weighted by atomic mass is 10.1. The number of aromatic nitrogens is 2. The van der Waals surface area contributed by atoms with Gasteiger partial charge in [-0.2, -0.15) is 0 Å². The monoisotopic (exact) mass is 307 g/mol. The lowest BCUT2D eigenvalue weighted by molar-refractivity contribution is -0.0589. The van der Waals surface area contributed by atoms with Gasteiger partial charge in [-0.1, -0.05) is 23.3 Å². The summed E-state index contributed by atoms with van der Waals surface area (Å²) in [4.78, 5) is 45.7. The van der Waals surface area contributed by atoms with Crippen LogP contribution in [0.5, 0.6) is 0 Å². The molecule has 0 radical (unpaired) electrons. The standard InChI is InChI=1S/C16H9N3O4/c20-14-10-5-1-2-6-11(10)15(21)19(14)23-16(22)12-9-17-13-7-3-4-8-18(12)13/h1-9H. The Kier molecular flexibility index (Phi) is 2.74. The average Bonchev–Trinajstić information content (AvgIpc) is 3.11. The number of imidazole rings is 1. The van der Waals surface area contributed by atoms with Crippen LogP contribution in [-0.2, 0) is 4.84 Å². The second kappa shape index (κ2) is 4.77. The van der Waals surface area contributed by atoms with Crippen molar-refractivity contribution in [1.82, 2.24) is 14.4 Å². The first-order valence-electron chi connectivity index (χ1n) is 6.79. The Morgan fingerprint density at radius 3 is 2.30 bits per heavy atom. The Hall–Kier alpha value is -3.48. The molecular formula is C16H9N3O4. The smallest absolute Gasteiger partial charge is 0.323 e. The molecule has 7 heteroatoms. The topological polar surface area (TPSA) is 81.0 Å². The van der Waals surface area contributed by atoms with E-state index >= 15 is 0 Å². The van der Waals surface area contributed by atoms with E-state index in [1.165, 1.54) is 22.7 Å². The number of hydrogen-bond acceptors (Lipinski definition) is 5. The number of imide groups is 1. The van der Waals surface area contributed by atoms with Crippen molar-refractivity contribution < 1.29 is 19.2 Å². The molecule has 0 N–H and O–H groups in total. The number of rotatable bonds is 2. The van der Waals surface area contributed by atoms with E-state index < -0.39 is 17.8 Å². The van der Waals surface area contributed by atoms with Gasteiger partial charge in [0.1, 0.15) is 5.65 Å². The van der Waals surface area contributed by atoms with Gasteiger partial charge in [-0.15, -0.1) is 0 Å². The van der Waals surface area contributed by atoms with E-state index in [1.807, 2.05) is 0 Å². The molecule has 2 amide bonds. The molecule has 1 aliphatic rings. The number of hydroxylamine groups is 2. The third-order valence-corrected chi connectivity index (χ3v) is 3.56. The average molecular weight is 307 g/mol. The molecule has 1 aliphatic heterocycles. The van der Waals surface area contributed by atoms with Gasteiger partial charge in [-0.3, -0.25) is 14.0 Å². The minimum Gasteiger partial charge on any atom is -0.323 e. The number of carbonyl (C=O) groups is 3. The molecule has 3 aromatic rings. The van der Waals surface area contributed by atoms with Crippen LogP contribution in [0.15, 0.2) is 54.9 Å². The lowest BCUT2D eigenvalue weighted by Crippen LogP contribution is -2.33. The summed E-state index contributed by atoms with van der Waals surface area (Å²) in [5, 5.41) is 0.481. The number of benzene rings is 1. The van der Waals surface area contributed by atoms with Crippen molar-refractivity contribution >= 4 is 23.4 Å². The SMILES string of the molecule is O=C(ON1C(=O)c2ccccc2C1=O)c1cnc2ccccn12. The van der Waals surface area contributed by atoms with E-state index in [0.717, 1.165) is 0 Å². The van der Waals surface area contributed by atoms with Crippen LogP contribution in [0, 0.1) is 0 Å². The fourth-order valence-electron chi connectivity index (χ4n) is 2.46. The molecule has 0 saturated heterocycles. The van der Waals surface area contributed by atoms with Crippen molar-refractivity contribution in [3.63, 3.8) is 0 Å². The summed E-state index contributed by atoms with van der Waals surface area (Å²) in [5.74, 6) is -2.15. The van der Waals surface area contributed by atoms with Crippen molar-refractivity contribution in [3.05, 3.63) is 71.7 Å². The summed E-state index contributed by atoms with van der Waals surface area (Å²) in [6.07, 6.45) is 2.97. The number of carbonyl (C=O) groups excluding carboxylic acids is 3. The van der Waals surface area contributed by atoms with E-state index in [0.29, 0.717) is 10.7 Å². The quantitative estimate of drug-likeness (QED) is 0.673. The predicted molar refractivity (Wildman–Crippen MR) is 77.5 cm³/mol. The van der Waals surface area contributed by atoms with Crippen molar-refractivity contribution in [2.45, 2.75) is 0 Å². The second-order valence-corrected chi connectivity index (χ2v) is 4.90. The first-order valence-corrected chi connectivity index (χ1v) is 6.79. The number of fused-ring (bicyclic) bond motifs is 2. The number of hydrogen-bond donors (Lipinski definition) is 0. The molecule has 1 aromatic carbocycles. The van der Waals surface area contributed by atoms with Gasteiger partial charge in [0.25, 0.3) is 11.8 Å². The molecule has 112 valence electrons.